The first-order valence-electron chi connectivity index (χ1n) is 5.82. The highest BCUT2D eigenvalue weighted by Crippen LogP contribution is 2.27. The number of anilines is 1. The van der Waals surface area contributed by atoms with Crippen LogP contribution in [0.2, 0.25) is 0 Å². The van der Waals surface area contributed by atoms with Crippen molar-refractivity contribution in [3.63, 3.8) is 0 Å². The normalized spacial score (nSPS) is 13.0. The maximum atomic E-state index is 12.2. The van der Waals surface area contributed by atoms with Crippen molar-refractivity contribution in [2.24, 2.45) is 5.14 Å². The Morgan fingerprint density at radius 1 is 1.05 bits per heavy atom. The van der Waals surface area contributed by atoms with Crippen molar-refractivity contribution in [3.8, 4) is 0 Å². The van der Waals surface area contributed by atoms with Crippen LogP contribution in [0.3, 0.4) is 0 Å². The summed E-state index contributed by atoms with van der Waals surface area (Å²) in [5.41, 5.74) is -0.611. The zero-order valence-corrected chi connectivity index (χ0v) is 14.2. The summed E-state index contributed by atoms with van der Waals surface area (Å²) in [5.74, 6) is 0. The maximum absolute atomic E-state index is 12.2. The van der Waals surface area contributed by atoms with Gasteiger partial charge in [0, 0.05) is 13.6 Å². The van der Waals surface area contributed by atoms with Crippen molar-refractivity contribution in [1.82, 2.24) is 9.44 Å². The number of sulfonamides is 1. The number of nitrogens with one attached hydrogen (secondary N) is 2. The lowest BCUT2D eigenvalue weighted by atomic mass is 10.3. The van der Waals surface area contributed by atoms with E-state index in [4.69, 9.17) is 5.14 Å². The van der Waals surface area contributed by atoms with E-state index in [-0.39, 0.29) is 10.3 Å². The smallest absolute Gasteiger partial charge is 0.225 e. The molecule has 4 N–H and O–H groups in total. The van der Waals surface area contributed by atoms with Crippen LogP contribution < -0.4 is 18.3 Å². The van der Waals surface area contributed by atoms with E-state index in [9.17, 15) is 25.3 Å². The van der Waals surface area contributed by atoms with Crippen LogP contribution in [0.1, 0.15) is 6.92 Å². The number of hydrogen-bond acceptors (Lipinski definition) is 6. The third-order valence-electron chi connectivity index (χ3n) is 2.39. The fourth-order valence-corrected chi connectivity index (χ4v) is 5.29. The lowest BCUT2D eigenvalue weighted by Crippen LogP contribution is -2.49. The lowest BCUT2D eigenvalue weighted by Gasteiger charge is -2.24. The number of nitrogens with two attached hydrogens (primary N) is 1. The molecule has 1 aromatic carbocycles. The van der Waals surface area contributed by atoms with Crippen LogP contribution in [0, 0.1) is 0 Å². The molecule has 1 rings (SSSR count). The molecule has 0 radical (unpaired) electrons. The van der Waals surface area contributed by atoms with Gasteiger partial charge in [0.15, 0.2) is 0 Å². The predicted octanol–water partition coefficient (Wildman–Crippen LogP) is -1.54. The summed E-state index contributed by atoms with van der Waals surface area (Å²) < 4.78 is 75.4. The zero-order valence-electron chi connectivity index (χ0n) is 11.7. The Bertz CT molecular complexity index is 847. The second-order valence-corrected chi connectivity index (χ2v) is 9.01. The molecule has 0 aliphatic heterocycles. The van der Waals surface area contributed by atoms with Gasteiger partial charge in [-0.25, -0.2) is 13.6 Å². The second kappa shape index (κ2) is 6.47. The molecule has 0 unspecified atom stereocenters. The largest absolute Gasteiger partial charge is 0.315 e. The molecule has 0 saturated carbocycles. The van der Waals surface area contributed by atoms with E-state index in [1.165, 1.54) is 19.1 Å². The number of para-hydroxylation sites is 1. The molecule has 0 amide bonds. The van der Waals surface area contributed by atoms with Gasteiger partial charge in [0.1, 0.15) is 4.90 Å². The van der Waals surface area contributed by atoms with Crippen molar-refractivity contribution in [2.75, 3.05) is 17.3 Å². The van der Waals surface area contributed by atoms with Gasteiger partial charge in [-0.2, -0.15) is 26.3 Å². The van der Waals surface area contributed by atoms with E-state index in [1.54, 1.807) is 0 Å². The van der Waals surface area contributed by atoms with Crippen molar-refractivity contribution in [2.45, 2.75) is 11.8 Å². The van der Waals surface area contributed by atoms with Gasteiger partial charge in [-0.15, -0.1) is 3.71 Å². The molecule has 0 fully saturated rings. The Balaban J connectivity index is 3.78. The summed E-state index contributed by atoms with van der Waals surface area (Å²) in [7, 11) is -12.5. The average Bonchev–Trinajstić information content (AvgIpc) is 2.37. The minimum atomic E-state index is -4.57. The van der Waals surface area contributed by atoms with Gasteiger partial charge >= 0.3 is 20.4 Å². The molecule has 0 spiro atoms. The number of hydrogen-bond donors (Lipinski definition) is 3. The lowest BCUT2D eigenvalue weighted by molar-refractivity contribution is 0.572. The van der Waals surface area contributed by atoms with Gasteiger partial charge in [-0.05, 0) is 12.1 Å². The number of primary sulfonamides is 1. The van der Waals surface area contributed by atoms with E-state index < -0.39 is 41.0 Å². The van der Waals surface area contributed by atoms with E-state index >= 15 is 0 Å². The molecular formula is C9H16N4O6S3. The first kappa shape index (κ1) is 18.8. The van der Waals surface area contributed by atoms with Gasteiger partial charge in [0.2, 0.25) is 10.0 Å². The van der Waals surface area contributed by atoms with Crippen molar-refractivity contribution in [3.05, 3.63) is 24.3 Å². The number of nitrogens with zero attached hydrogens (tertiary/aromatic N) is 1. The predicted molar refractivity (Wildman–Crippen MR) is 80.9 cm³/mol. The highest BCUT2D eigenvalue weighted by atomic mass is 32.3. The Morgan fingerprint density at radius 2 is 1.59 bits per heavy atom. The second-order valence-electron chi connectivity index (χ2n) is 3.92. The highest BCUT2D eigenvalue weighted by molar-refractivity contribution is 8.08. The van der Waals surface area contributed by atoms with Gasteiger partial charge < -0.3 is 0 Å². The van der Waals surface area contributed by atoms with E-state index in [0.717, 1.165) is 19.2 Å². The molecule has 126 valence electrons. The minimum Gasteiger partial charge on any atom is -0.225 e. The van der Waals surface area contributed by atoms with Crippen LogP contribution in [0.25, 0.3) is 0 Å². The zero-order chi connectivity index (χ0) is 17.2. The summed E-state index contributed by atoms with van der Waals surface area (Å²) in [4.78, 5) is -0.643. The Labute approximate surface area is 129 Å². The Morgan fingerprint density at radius 3 is 2.05 bits per heavy atom. The Kier molecular flexibility index (Phi) is 5.53. The quantitative estimate of drug-likeness (QED) is 0.526. The maximum Gasteiger partial charge on any atom is 0.315 e. The summed E-state index contributed by atoms with van der Waals surface area (Å²) >= 11 is 0. The third kappa shape index (κ3) is 3.93. The molecule has 13 heteroatoms. The highest BCUT2D eigenvalue weighted by Gasteiger charge is 2.36. The van der Waals surface area contributed by atoms with E-state index in [0.29, 0.717) is 0 Å². The van der Waals surface area contributed by atoms with Gasteiger partial charge in [-0.3, -0.25) is 0 Å². The van der Waals surface area contributed by atoms with Crippen LogP contribution >= 0.6 is 0 Å². The molecule has 0 saturated heterocycles. The standard InChI is InChI=1S/C9H16N4O6S3/c1-3-12-22(18,19)13(21(16,17)11-2)8-6-4-5-7-9(8)20(10,14)15/h4-7,11-12H,3H2,1-2H3,(H2,10,14,15). The first-order chi connectivity index (χ1) is 9.97. The summed E-state index contributed by atoms with van der Waals surface area (Å²) in [6.07, 6.45) is 0. The van der Waals surface area contributed by atoms with E-state index in [2.05, 4.69) is 0 Å². The molecule has 1 aromatic rings. The van der Waals surface area contributed by atoms with Gasteiger partial charge in [0.05, 0.1) is 5.69 Å². The molecule has 22 heavy (non-hydrogen) atoms. The van der Waals surface area contributed by atoms with Gasteiger partial charge in [0.25, 0.3) is 0 Å². The third-order valence-corrected chi connectivity index (χ3v) is 6.96. The Hall–Kier alpha value is -1.25. The fraction of sp³-hybridized carbons (Fsp3) is 0.333. The molecular weight excluding hydrogens is 356 g/mol. The van der Waals surface area contributed by atoms with Crippen LogP contribution in [0.4, 0.5) is 5.69 Å². The topological polar surface area (TPSA) is 156 Å². The van der Waals surface area contributed by atoms with Crippen molar-refractivity contribution < 1.29 is 25.3 Å². The molecule has 10 nitrogen and oxygen atoms in total. The summed E-state index contributed by atoms with van der Waals surface area (Å²) in [6, 6.07) is 4.59. The van der Waals surface area contributed by atoms with Crippen molar-refractivity contribution >= 4 is 36.1 Å². The molecule has 0 bridgehead atoms. The van der Waals surface area contributed by atoms with Crippen molar-refractivity contribution in [1.29, 1.82) is 0 Å². The monoisotopic (exact) mass is 372 g/mol. The van der Waals surface area contributed by atoms with Crippen LogP contribution in [0.5, 0.6) is 0 Å². The average molecular weight is 372 g/mol. The number of rotatable bonds is 7. The fourth-order valence-electron chi connectivity index (χ4n) is 1.56. The molecule has 0 aliphatic carbocycles. The number of benzene rings is 1. The molecule has 0 aromatic heterocycles. The van der Waals surface area contributed by atoms with Gasteiger partial charge in [-0.1, -0.05) is 19.1 Å². The summed E-state index contributed by atoms with van der Waals surface area (Å²) in [5, 5.41) is 5.01. The summed E-state index contributed by atoms with van der Waals surface area (Å²) in [6.45, 7) is 1.34. The minimum absolute atomic E-state index is 0.0523. The van der Waals surface area contributed by atoms with E-state index in [1.807, 2.05) is 9.44 Å². The van der Waals surface area contributed by atoms with Crippen LogP contribution in [-0.4, -0.2) is 38.8 Å². The van der Waals surface area contributed by atoms with Crippen LogP contribution in [0.15, 0.2) is 29.2 Å². The molecule has 0 aliphatic rings. The first-order valence-corrected chi connectivity index (χ1v) is 10.3. The van der Waals surface area contributed by atoms with Crippen LogP contribution in [-0.2, 0) is 30.4 Å². The SMILES string of the molecule is CCNS(=O)(=O)N(c1ccccc1S(N)(=O)=O)S(=O)(=O)NC. The molecule has 0 heterocycles. The molecule has 0 atom stereocenters.